The van der Waals surface area contributed by atoms with Gasteiger partial charge in [0.1, 0.15) is 19.3 Å². The molecule has 0 saturated heterocycles. The van der Waals surface area contributed by atoms with Gasteiger partial charge in [0.2, 0.25) is 0 Å². The van der Waals surface area contributed by atoms with E-state index in [4.69, 9.17) is 32.8 Å². The number of amides is 1. The van der Waals surface area contributed by atoms with Crippen LogP contribution in [0.3, 0.4) is 0 Å². The van der Waals surface area contributed by atoms with Crippen LogP contribution < -0.4 is 5.32 Å². The van der Waals surface area contributed by atoms with Crippen LogP contribution in [0.1, 0.15) is 28.4 Å². The van der Waals surface area contributed by atoms with Gasteiger partial charge in [0.25, 0.3) is 5.91 Å². The van der Waals surface area contributed by atoms with E-state index < -0.39 is 12.1 Å². The number of phenolic OH excluding ortho intramolecular Hbond substituents is 1. The van der Waals surface area contributed by atoms with Crippen LogP contribution in [0, 0.1) is 13.8 Å². The van der Waals surface area contributed by atoms with Gasteiger partial charge in [0.15, 0.2) is 0 Å². The van der Waals surface area contributed by atoms with E-state index in [9.17, 15) is 23.1 Å². The lowest BCUT2D eigenvalue weighted by molar-refractivity contribution is -0.110. The van der Waals surface area contributed by atoms with E-state index in [0.717, 1.165) is 5.56 Å². The lowest BCUT2D eigenvalue weighted by Crippen LogP contribution is -2.14. The molecule has 0 aliphatic carbocycles. The highest BCUT2D eigenvalue weighted by Gasteiger charge is 2.17. The smallest absolute Gasteiger partial charge is 0.386 e. The van der Waals surface area contributed by atoms with Crippen LogP contribution in [0.15, 0.2) is 30.3 Å². The molecule has 5 nitrogen and oxygen atoms in total. The third-order valence-electron chi connectivity index (χ3n) is 2.98. The highest BCUT2D eigenvalue weighted by atomic mass is 35.5. The van der Waals surface area contributed by atoms with E-state index in [-0.39, 0.29) is 18.2 Å². The molecule has 0 fully saturated rings. The Bertz CT molecular complexity index is 807. The highest BCUT2D eigenvalue weighted by molar-refractivity contribution is 6.34. The normalized spacial score (nSPS) is 9.52. The minimum Gasteiger partial charge on any atom is -0.507 e. The number of carbonyl (C=O) groups is 3. The molecule has 0 bridgehead atoms. The molecule has 0 heterocycles. The minimum absolute atomic E-state index is 0.118. The number of phenols is 1. The molecule has 0 aliphatic rings. The van der Waals surface area contributed by atoms with Crippen molar-refractivity contribution in [2.45, 2.75) is 26.9 Å². The zero-order valence-electron chi connectivity index (χ0n) is 15.9. The minimum atomic E-state index is -4.00. The summed E-state index contributed by atoms with van der Waals surface area (Å²) in [6, 6.07) is 8.24. The summed E-state index contributed by atoms with van der Waals surface area (Å²) in [6.45, 7) is 7.77. The van der Waals surface area contributed by atoms with Crippen molar-refractivity contribution in [2.24, 2.45) is 0 Å². The average Bonchev–Trinajstić information content (AvgIpc) is 2.63. The van der Waals surface area contributed by atoms with Crippen LogP contribution in [0.2, 0.25) is 10.0 Å². The Morgan fingerprint density at radius 3 is 1.93 bits per heavy atom. The maximum absolute atomic E-state index is 12.3. The number of nitrogens with one attached hydrogen (secondary N) is 1. The maximum Gasteiger partial charge on any atom is 0.386 e. The van der Waals surface area contributed by atoms with Crippen LogP contribution >= 0.6 is 23.2 Å². The number of benzene rings is 2. The Morgan fingerprint density at radius 2 is 1.48 bits per heavy atom. The Hall–Kier alpha value is -2.58. The summed E-state index contributed by atoms with van der Waals surface area (Å²) in [6.07, 6.45) is -4.00. The fourth-order valence-corrected chi connectivity index (χ4v) is 2.30. The lowest BCUT2D eigenvalue weighted by Gasteiger charge is -2.12. The van der Waals surface area contributed by atoms with E-state index >= 15 is 0 Å². The molecule has 0 atom stereocenters. The number of carbonyl (C=O) groups excluding carboxylic acids is 3. The first-order valence-corrected chi connectivity index (χ1v) is 8.35. The third-order valence-corrected chi connectivity index (χ3v) is 3.70. The van der Waals surface area contributed by atoms with E-state index in [1.54, 1.807) is 25.1 Å². The van der Waals surface area contributed by atoms with Gasteiger partial charge in [-0.15, -0.1) is 0 Å². The van der Waals surface area contributed by atoms with Crippen molar-refractivity contribution in [1.29, 1.82) is 0 Å². The van der Waals surface area contributed by atoms with Gasteiger partial charge in [-0.2, -0.15) is 13.2 Å². The molecular weight excluding hydrogens is 434 g/mol. The Balaban J connectivity index is 0. The van der Waals surface area contributed by atoms with Crippen molar-refractivity contribution >= 4 is 48.4 Å². The number of aromatic hydroxyl groups is 1. The number of aryl methyl sites for hydroxylation is 1. The van der Waals surface area contributed by atoms with Crippen molar-refractivity contribution in [1.82, 2.24) is 0 Å². The summed E-state index contributed by atoms with van der Waals surface area (Å²) < 4.78 is 31.1. The first kappa shape index (κ1) is 28.6. The zero-order valence-corrected chi connectivity index (χ0v) is 17.4. The van der Waals surface area contributed by atoms with Gasteiger partial charge in [0.05, 0.1) is 16.3 Å². The van der Waals surface area contributed by atoms with Crippen LogP contribution in [0.25, 0.3) is 0 Å². The fourth-order valence-electron chi connectivity index (χ4n) is 1.86. The van der Waals surface area contributed by atoms with Crippen molar-refractivity contribution < 1.29 is 32.7 Å². The SMILES string of the molecule is C=O.C=O.CC(F)(F)F.Cc1ccc(NC(=O)c2c(O)ccc(Cl)c2C)c(Cl)c1. The molecule has 0 unspecified atom stereocenters. The molecule has 2 N–H and O–H groups in total. The van der Waals surface area contributed by atoms with Gasteiger partial charge in [-0.25, -0.2) is 0 Å². The predicted octanol–water partition coefficient (Wildman–Crippen LogP) is 5.77. The summed E-state index contributed by atoms with van der Waals surface area (Å²) in [7, 11) is 0. The van der Waals surface area contributed by atoms with Gasteiger partial charge in [-0.1, -0.05) is 29.3 Å². The van der Waals surface area contributed by atoms with E-state index in [1.807, 2.05) is 26.6 Å². The van der Waals surface area contributed by atoms with Gasteiger partial charge in [-0.3, -0.25) is 4.79 Å². The molecule has 29 heavy (non-hydrogen) atoms. The summed E-state index contributed by atoms with van der Waals surface area (Å²) in [5.74, 6) is -0.569. The van der Waals surface area contributed by atoms with Crippen molar-refractivity contribution in [3.8, 4) is 5.75 Å². The molecule has 2 aromatic rings. The van der Waals surface area contributed by atoms with Crippen LogP contribution in [0.5, 0.6) is 5.75 Å². The molecule has 10 heteroatoms. The molecule has 0 saturated carbocycles. The zero-order chi connectivity index (χ0) is 23.4. The van der Waals surface area contributed by atoms with Gasteiger partial charge in [0, 0.05) is 11.9 Å². The molecular formula is C19H20Cl2F3NO4. The average molecular weight is 454 g/mol. The summed E-state index contributed by atoms with van der Waals surface area (Å²) in [4.78, 5) is 28.3. The van der Waals surface area contributed by atoms with Crippen LogP contribution in [-0.4, -0.2) is 30.8 Å². The maximum atomic E-state index is 12.3. The molecule has 160 valence electrons. The predicted molar refractivity (Wildman–Crippen MR) is 108 cm³/mol. The van der Waals surface area contributed by atoms with E-state index in [0.29, 0.717) is 21.3 Å². The molecule has 0 spiro atoms. The number of hydrogen-bond donors (Lipinski definition) is 2. The van der Waals surface area contributed by atoms with Crippen molar-refractivity contribution in [3.63, 3.8) is 0 Å². The van der Waals surface area contributed by atoms with Crippen molar-refractivity contribution in [3.05, 3.63) is 57.1 Å². The summed E-state index contributed by atoms with van der Waals surface area (Å²) >= 11 is 12.0. The van der Waals surface area contributed by atoms with Crippen molar-refractivity contribution in [2.75, 3.05) is 5.32 Å². The first-order chi connectivity index (χ1) is 13.4. The molecule has 0 aliphatic heterocycles. The molecule has 2 aromatic carbocycles. The van der Waals surface area contributed by atoms with Gasteiger partial charge >= 0.3 is 6.18 Å². The summed E-state index contributed by atoms with van der Waals surface area (Å²) in [5.41, 5.74) is 2.15. The first-order valence-electron chi connectivity index (χ1n) is 7.60. The monoisotopic (exact) mass is 453 g/mol. The fraction of sp³-hybridized carbons (Fsp3) is 0.211. The van der Waals surface area contributed by atoms with Crippen LogP contribution in [0.4, 0.5) is 18.9 Å². The Morgan fingerprint density at radius 1 is 1.00 bits per heavy atom. The molecule has 0 aromatic heterocycles. The number of hydrogen-bond acceptors (Lipinski definition) is 4. The quantitative estimate of drug-likeness (QED) is 0.604. The molecule has 1 amide bonds. The van der Waals surface area contributed by atoms with Gasteiger partial charge < -0.3 is 20.0 Å². The van der Waals surface area contributed by atoms with E-state index in [1.165, 1.54) is 6.07 Å². The largest absolute Gasteiger partial charge is 0.507 e. The second-order valence-electron chi connectivity index (χ2n) is 5.29. The second kappa shape index (κ2) is 13.6. The molecule has 0 radical (unpaired) electrons. The van der Waals surface area contributed by atoms with Crippen LogP contribution in [-0.2, 0) is 9.59 Å². The topological polar surface area (TPSA) is 83.5 Å². The number of anilines is 1. The summed E-state index contributed by atoms with van der Waals surface area (Å²) in [5, 5.41) is 13.4. The van der Waals surface area contributed by atoms with Gasteiger partial charge in [-0.05, 0) is 49.2 Å². The molecule has 2 rings (SSSR count). The standard InChI is InChI=1S/C15H13Cl2NO2.C2H3F3.2CH2O/c1-8-3-5-12(11(17)7-8)18-15(20)14-9(2)10(16)4-6-13(14)19;1-2(3,4)5;2*1-2/h3-7,19H,1-2H3,(H,18,20);1H3;2*1H2. The number of rotatable bonds is 2. The highest BCUT2D eigenvalue weighted by Crippen LogP contribution is 2.29. The Kier molecular flexibility index (Phi) is 13.4. The Labute approximate surface area is 176 Å². The number of alkyl halides is 3. The number of halogens is 5. The van der Waals surface area contributed by atoms with E-state index in [2.05, 4.69) is 5.32 Å². The third kappa shape index (κ3) is 11.1. The lowest BCUT2D eigenvalue weighted by atomic mass is 10.1. The second-order valence-corrected chi connectivity index (χ2v) is 6.10.